The normalized spacial score (nSPS) is 24.3. The summed E-state index contributed by atoms with van der Waals surface area (Å²) in [6, 6.07) is 6.64. The number of fused-ring (bicyclic) bond motifs is 4. The van der Waals surface area contributed by atoms with Gasteiger partial charge in [-0.1, -0.05) is 0 Å². The Morgan fingerprint density at radius 1 is 1.23 bits per heavy atom. The molecule has 0 amide bonds. The van der Waals surface area contributed by atoms with Crippen molar-refractivity contribution in [3.05, 3.63) is 36.3 Å². The standard InChI is InChI=1S/C17H21N5/c1-12-7-16(21-17(20-12)14-3-2-6-18-9-14)22-10-13-4-5-15(11-22)19-8-13/h2-3,6-7,9,13,15,19H,4-5,8,10-11H2,1H3/t13-,15-/m0/s1. The first kappa shape index (κ1) is 13.6. The minimum absolute atomic E-state index is 0.593. The van der Waals surface area contributed by atoms with Crippen LogP contribution in [0.5, 0.6) is 0 Å². The molecule has 1 N–H and O–H groups in total. The second kappa shape index (κ2) is 5.65. The van der Waals surface area contributed by atoms with Gasteiger partial charge in [0.25, 0.3) is 0 Å². The number of aryl methyl sites for hydroxylation is 1. The van der Waals surface area contributed by atoms with E-state index in [0.717, 1.165) is 48.5 Å². The first-order valence-corrected chi connectivity index (χ1v) is 8.02. The Hall–Kier alpha value is -2.01. The molecule has 114 valence electrons. The van der Waals surface area contributed by atoms with Gasteiger partial charge in [-0.3, -0.25) is 4.98 Å². The van der Waals surface area contributed by atoms with E-state index in [4.69, 9.17) is 4.98 Å². The van der Waals surface area contributed by atoms with Crippen molar-refractivity contribution in [2.45, 2.75) is 25.8 Å². The number of anilines is 1. The number of hydrogen-bond acceptors (Lipinski definition) is 5. The highest BCUT2D eigenvalue weighted by molar-refractivity contribution is 5.56. The van der Waals surface area contributed by atoms with Gasteiger partial charge in [0.1, 0.15) is 5.82 Å². The fraction of sp³-hybridized carbons (Fsp3) is 0.471. The van der Waals surface area contributed by atoms with E-state index in [1.54, 1.807) is 6.20 Å². The summed E-state index contributed by atoms with van der Waals surface area (Å²) < 4.78 is 0. The van der Waals surface area contributed by atoms with Crippen LogP contribution in [0.1, 0.15) is 18.5 Å². The van der Waals surface area contributed by atoms with Crippen LogP contribution in [0.2, 0.25) is 0 Å². The molecule has 0 spiro atoms. The van der Waals surface area contributed by atoms with Crippen molar-refractivity contribution in [2.75, 3.05) is 24.5 Å². The quantitative estimate of drug-likeness (QED) is 0.919. The maximum Gasteiger partial charge on any atom is 0.163 e. The van der Waals surface area contributed by atoms with Crippen LogP contribution in [0.3, 0.4) is 0 Å². The first-order chi connectivity index (χ1) is 10.8. The van der Waals surface area contributed by atoms with Gasteiger partial charge >= 0.3 is 0 Å². The first-order valence-electron chi connectivity index (χ1n) is 8.02. The molecule has 3 aliphatic rings. The molecule has 5 heteroatoms. The molecule has 0 radical (unpaired) electrons. The van der Waals surface area contributed by atoms with E-state index in [2.05, 4.69) is 26.3 Å². The van der Waals surface area contributed by atoms with Crippen molar-refractivity contribution in [1.82, 2.24) is 20.3 Å². The summed E-state index contributed by atoms with van der Waals surface area (Å²) in [6.07, 6.45) is 6.21. The second-order valence-corrected chi connectivity index (χ2v) is 6.39. The molecular weight excluding hydrogens is 274 g/mol. The van der Waals surface area contributed by atoms with E-state index in [9.17, 15) is 0 Å². The second-order valence-electron chi connectivity index (χ2n) is 6.39. The lowest BCUT2D eigenvalue weighted by Crippen LogP contribution is -2.39. The van der Waals surface area contributed by atoms with Gasteiger partial charge in [-0.05, 0) is 44.4 Å². The summed E-state index contributed by atoms with van der Waals surface area (Å²) in [4.78, 5) is 16.0. The maximum atomic E-state index is 4.81. The maximum absolute atomic E-state index is 4.81. The number of aromatic nitrogens is 3. The lowest BCUT2D eigenvalue weighted by atomic mass is 9.97. The Balaban J connectivity index is 1.68. The summed E-state index contributed by atoms with van der Waals surface area (Å²) in [5.74, 6) is 2.55. The van der Waals surface area contributed by atoms with Crippen LogP contribution in [0.15, 0.2) is 30.6 Å². The van der Waals surface area contributed by atoms with Crippen LogP contribution in [-0.2, 0) is 0 Å². The number of pyridine rings is 1. The predicted molar refractivity (Wildman–Crippen MR) is 86.7 cm³/mol. The molecule has 2 atom stereocenters. The number of nitrogens with one attached hydrogen (secondary N) is 1. The predicted octanol–water partition coefficient (Wildman–Crippen LogP) is 2.04. The lowest BCUT2D eigenvalue weighted by Gasteiger charge is -2.24. The molecule has 2 aromatic heterocycles. The Bertz CT molecular complexity index is 635. The van der Waals surface area contributed by atoms with Gasteiger partial charge in [-0.15, -0.1) is 0 Å². The van der Waals surface area contributed by atoms with E-state index >= 15 is 0 Å². The van der Waals surface area contributed by atoms with Crippen LogP contribution in [0, 0.1) is 12.8 Å². The highest BCUT2D eigenvalue weighted by Crippen LogP contribution is 2.26. The molecule has 0 aromatic carbocycles. The summed E-state index contributed by atoms with van der Waals surface area (Å²) in [5, 5.41) is 3.65. The number of piperidine rings is 1. The van der Waals surface area contributed by atoms with Gasteiger partial charge < -0.3 is 10.2 Å². The SMILES string of the molecule is Cc1cc(N2C[C@H]3CC[C@@H](C2)NC3)nc(-c2cccnc2)n1. The highest BCUT2D eigenvalue weighted by atomic mass is 15.2. The summed E-state index contributed by atoms with van der Waals surface area (Å²) in [5.41, 5.74) is 1.98. The Kier molecular flexibility index (Phi) is 3.50. The molecule has 22 heavy (non-hydrogen) atoms. The van der Waals surface area contributed by atoms with E-state index in [1.165, 1.54) is 12.8 Å². The van der Waals surface area contributed by atoms with Crippen LogP contribution >= 0.6 is 0 Å². The minimum atomic E-state index is 0.593. The lowest BCUT2D eigenvalue weighted by molar-refractivity contribution is 0.360. The van der Waals surface area contributed by atoms with Gasteiger partial charge in [0, 0.05) is 48.8 Å². The average molecular weight is 295 g/mol. The minimum Gasteiger partial charge on any atom is -0.355 e. The van der Waals surface area contributed by atoms with Crippen LogP contribution in [0.25, 0.3) is 11.4 Å². The number of nitrogens with zero attached hydrogens (tertiary/aromatic N) is 4. The van der Waals surface area contributed by atoms with Crippen molar-refractivity contribution in [2.24, 2.45) is 5.92 Å². The molecule has 5 heterocycles. The molecule has 3 saturated heterocycles. The van der Waals surface area contributed by atoms with E-state index in [0.29, 0.717) is 6.04 Å². The molecular formula is C17H21N5. The van der Waals surface area contributed by atoms with Crippen LogP contribution in [0.4, 0.5) is 5.82 Å². The fourth-order valence-corrected chi connectivity index (χ4v) is 3.46. The monoisotopic (exact) mass is 295 g/mol. The Morgan fingerprint density at radius 3 is 2.95 bits per heavy atom. The zero-order chi connectivity index (χ0) is 14.9. The topological polar surface area (TPSA) is 53.9 Å². The molecule has 3 fully saturated rings. The van der Waals surface area contributed by atoms with E-state index < -0.39 is 0 Å². The van der Waals surface area contributed by atoms with Crippen molar-refractivity contribution in [1.29, 1.82) is 0 Å². The summed E-state index contributed by atoms with van der Waals surface area (Å²) in [6.45, 7) is 5.31. The van der Waals surface area contributed by atoms with Crippen molar-refractivity contribution >= 4 is 5.82 Å². The third-order valence-corrected chi connectivity index (χ3v) is 4.62. The van der Waals surface area contributed by atoms with E-state index in [-0.39, 0.29) is 0 Å². The third-order valence-electron chi connectivity index (χ3n) is 4.62. The molecule has 0 unspecified atom stereocenters. The average Bonchev–Trinajstić information content (AvgIpc) is 2.89. The molecule has 0 aliphatic carbocycles. The largest absolute Gasteiger partial charge is 0.355 e. The smallest absolute Gasteiger partial charge is 0.163 e. The molecule has 5 rings (SSSR count). The highest BCUT2D eigenvalue weighted by Gasteiger charge is 2.29. The van der Waals surface area contributed by atoms with Crippen LogP contribution < -0.4 is 10.2 Å². The van der Waals surface area contributed by atoms with Crippen molar-refractivity contribution in [3.8, 4) is 11.4 Å². The number of rotatable bonds is 2. The third kappa shape index (κ3) is 2.68. The van der Waals surface area contributed by atoms with Gasteiger partial charge in [0.2, 0.25) is 0 Å². The summed E-state index contributed by atoms with van der Waals surface area (Å²) in [7, 11) is 0. The van der Waals surface area contributed by atoms with E-state index in [1.807, 2.05) is 25.3 Å². The zero-order valence-corrected chi connectivity index (χ0v) is 12.9. The fourth-order valence-electron chi connectivity index (χ4n) is 3.46. The molecule has 5 nitrogen and oxygen atoms in total. The Labute approximate surface area is 130 Å². The molecule has 3 aliphatic heterocycles. The Morgan fingerprint density at radius 2 is 2.18 bits per heavy atom. The van der Waals surface area contributed by atoms with Gasteiger partial charge in [-0.25, -0.2) is 9.97 Å². The zero-order valence-electron chi connectivity index (χ0n) is 12.9. The van der Waals surface area contributed by atoms with Gasteiger partial charge in [-0.2, -0.15) is 0 Å². The summed E-state index contributed by atoms with van der Waals surface area (Å²) >= 11 is 0. The molecule has 2 bridgehead atoms. The molecule has 0 saturated carbocycles. The van der Waals surface area contributed by atoms with Crippen molar-refractivity contribution in [3.63, 3.8) is 0 Å². The van der Waals surface area contributed by atoms with Crippen molar-refractivity contribution < 1.29 is 0 Å². The van der Waals surface area contributed by atoms with Crippen LogP contribution in [-0.4, -0.2) is 40.6 Å². The molecule has 2 aromatic rings. The van der Waals surface area contributed by atoms with Gasteiger partial charge in [0.15, 0.2) is 5.82 Å². The number of hydrogen-bond donors (Lipinski definition) is 1. The van der Waals surface area contributed by atoms with Gasteiger partial charge in [0.05, 0.1) is 0 Å².